The van der Waals surface area contributed by atoms with Gasteiger partial charge in [0.2, 0.25) is 0 Å². The van der Waals surface area contributed by atoms with Crippen LogP contribution >= 0.6 is 0 Å². The van der Waals surface area contributed by atoms with Gasteiger partial charge in [-0.15, -0.1) is 0 Å². The Kier molecular flexibility index (Phi) is 5.90. The van der Waals surface area contributed by atoms with E-state index in [0.29, 0.717) is 11.8 Å². The fourth-order valence-corrected chi connectivity index (χ4v) is 5.10. The third kappa shape index (κ3) is 4.01. The topological polar surface area (TPSA) is 41.5 Å². The van der Waals surface area contributed by atoms with E-state index in [1.807, 2.05) is 0 Å². The molecular weight excluding hydrogens is 396 g/mol. The van der Waals surface area contributed by atoms with Crippen molar-refractivity contribution < 1.29 is 4.74 Å². The van der Waals surface area contributed by atoms with Gasteiger partial charge in [0.15, 0.2) is 0 Å². The molecule has 5 heteroatoms. The van der Waals surface area contributed by atoms with Gasteiger partial charge in [0.25, 0.3) is 0 Å². The van der Waals surface area contributed by atoms with Crippen LogP contribution in [0, 0.1) is 0 Å². The summed E-state index contributed by atoms with van der Waals surface area (Å²) in [6.07, 6.45) is 5.77. The van der Waals surface area contributed by atoms with Crippen molar-refractivity contribution in [3.05, 3.63) is 53.9 Å². The lowest BCUT2D eigenvalue weighted by atomic mass is 9.88. The van der Waals surface area contributed by atoms with Crippen molar-refractivity contribution >= 4 is 22.4 Å². The Hall–Kier alpha value is -2.82. The highest BCUT2D eigenvalue weighted by molar-refractivity contribution is 6.00. The van der Waals surface area contributed by atoms with Crippen LogP contribution in [0.2, 0.25) is 0 Å². The molecule has 1 saturated heterocycles. The zero-order valence-corrected chi connectivity index (χ0v) is 19.6. The molecular formula is C27H34N4O. The van der Waals surface area contributed by atoms with Gasteiger partial charge in [0.1, 0.15) is 17.4 Å². The second kappa shape index (κ2) is 8.97. The fourth-order valence-electron chi connectivity index (χ4n) is 5.10. The van der Waals surface area contributed by atoms with E-state index in [4.69, 9.17) is 14.7 Å². The average molecular weight is 431 g/mol. The van der Waals surface area contributed by atoms with Gasteiger partial charge < -0.3 is 14.5 Å². The summed E-state index contributed by atoms with van der Waals surface area (Å²) in [5.41, 5.74) is 3.67. The summed E-state index contributed by atoms with van der Waals surface area (Å²) in [4.78, 5) is 15.0. The lowest BCUT2D eigenvalue weighted by Gasteiger charge is -2.35. The highest BCUT2D eigenvalue weighted by atomic mass is 16.5. The average Bonchev–Trinajstić information content (AvgIpc) is 3.69. The van der Waals surface area contributed by atoms with E-state index in [1.54, 1.807) is 7.11 Å². The maximum atomic E-state index is 5.64. The molecule has 3 aromatic rings. The van der Waals surface area contributed by atoms with Crippen LogP contribution < -0.4 is 14.5 Å². The molecule has 2 aromatic carbocycles. The minimum absolute atomic E-state index is 0.528. The van der Waals surface area contributed by atoms with Crippen molar-refractivity contribution in [3.63, 3.8) is 0 Å². The molecule has 168 valence electrons. The van der Waals surface area contributed by atoms with Crippen molar-refractivity contribution in [2.24, 2.45) is 0 Å². The predicted octanol–water partition coefficient (Wildman–Crippen LogP) is 5.75. The molecule has 1 aliphatic heterocycles. The first-order valence-electron chi connectivity index (χ1n) is 12.1. The molecule has 5 nitrogen and oxygen atoms in total. The molecule has 2 aliphatic rings. The number of hydrogen-bond acceptors (Lipinski definition) is 5. The Balaban J connectivity index is 1.49. The number of fused-ring (bicyclic) bond motifs is 1. The van der Waals surface area contributed by atoms with Crippen LogP contribution in [0.3, 0.4) is 0 Å². The number of para-hydroxylation sites is 1. The van der Waals surface area contributed by atoms with Crippen molar-refractivity contribution in [3.8, 4) is 5.75 Å². The maximum absolute atomic E-state index is 5.64. The quantitative estimate of drug-likeness (QED) is 0.478. The molecule has 5 rings (SSSR count). The molecule has 0 spiro atoms. The van der Waals surface area contributed by atoms with E-state index in [0.717, 1.165) is 61.8 Å². The van der Waals surface area contributed by atoms with Gasteiger partial charge in [-0.25, -0.2) is 9.97 Å². The number of benzene rings is 2. The Morgan fingerprint density at radius 1 is 0.969 bits per heavy atom. The van der Waals surface area contributed by atoms with E-state index < -0.39 is 0 Å². The summed E-state index contributed by atoms with van der Waals surface area (Å²) in [7, 11) is 3.96. The van der Waals surface area contributed by atoms with Crippen molar-refractivity contribution in [2.75, 3.05) is 43.6 Å². The molecule has 2 heterocycles. The SMILES string of the molecule is CCCN(C)c1cccc2nc(C3CC3)nc(N3CCC(c4ccccc4OC)CC3)c12. The van der Waals surface area contributed by atoms with E-state index in [9.17, 15) is 0 Å². The van der Waals surface area contributed by atoms with Gasteiger partial charge in [-0.3, -0.25) is 0 Å². The number of ether oxygens (including phenoxy) is 1. The molecule has 2 fully saturated rings. The first-order valence-corrected chi connectivity index (χ1v) is 12.1. The van der Waals surface area contributed by atoms with E-state index in [-0.39, 0.29) is 0 Å². The summed E-state index contributed by atoms with van der Waals surface area (Å²) in [6.45, 7) is 5.27. The van der Waals surface area contributed by atoms with Gasteiger partial charge in [-0.05, 0) is 61.8 Å². The van der Waals surface area contributed by atoms with Gasteiger partial charge in [-0.2, -0.15) is 0 Å². The molecule has 1 aliphatic carbocycles. The Morgan fingerprint density at radius 3 is 2.47 bits per heavy atom. The lowest BCUT2D eigenvalue weighted by Crippen LogP contribution is -2.34. The number of aromatic nitrogens is 2. The number of piperidine rings is 1. The van der Waals surface area contributed by atoms with Gasteiger partial charge in [-0.1, -0.05) is 31.2 Å². The number of rotatable bonds is 7. The molecule has 0 amide bonds. The summed E-state index contributed by atoms with van der Waals surface area (Å²) in [5.74, 6) is 4.25. The largest absolute Gasteiger partial charge is 0.496 e. The van der Waals surface area contributed by atoms with E-state index in [1.165, 1.54) is 29.5 Å². The Labute approximate surface area is 191 Å². The van der Waals surface area contributed by atoms with Crippen LogP contribution in [0.5, 0.6) is 5.75 Å². The zero-order valence-electron chi connectivity index (χ0n) is 19.6. The summed E-state index contributed by atoms with van der Waals surface area (Å²) < 4.78 is 5.64. The van der Waals surface area contributed by atoms with Crippen LogP contribution in [-0.2, 0) is 0 Å². The molecule has 0 atom stereocenters. The second-order valence-corrected chi connectivity index (χ2v) is 9.28. The van der Waals surface area contributed by atoms with Crippen LogP contribution in [0.1, 0.15) is 62.3 Å². The Morgan fingerprint density at radius 2 is 1.75 bits per heavy atom. The third-order valence-electron chi connectivity index (χ3n) is 6.99. The predicted molar refractivity (Wildman–Crippen MR) is 132 cm³/mol. The normalized spacial score (nSPS) is 17.0. The number of nitrogens with zero attached hydrogens (tertiary/aromatic N) is 4. The van der Waals surface area contributed by atoms with E-state index >= 15 is 0 Å². The molecule has 1 aromatic heterocycles. The minimum atomic E-state index is 0.528. The van der Waals surface area contributed by atoms with Crippen LogP contribution in [0.4, 0.5) is 11.5 Å². The number of hydrogen-bond donors (Lipinski definition) is 0. The molecule has 1 saturated carbocycles. The van der Waals surface area contributed by atoms with Gasteiger partial charge in [0.05, 0.1) is 18.0 Å². The smallest absolute Gasteiger partial charge is 0.142 e. The molecule has 32 heavy (non-hydrogen) atoms. The summed E-state index contributed by atoms with van der Waals surface area (Å²) >= 11 is 0. The number of methoxy groups -OCH3 is 1. The van der Waals surface area contributed by atoms with Crippen LogP contribution in [0.15, 0.2) is 42.5 Å². The zero-order chi connectivity index (χ0) is 22.1. The molecule has 0 unspecified atom stereocenters. The summed E-state index contributed by atoms with van der Waals surface area (Å²) in [6, 6.07) is 15.0. The fraction of sp³-hybridized carbons (Fsp3) is 0.481. The molecule has 0 bridgehead atoms. The lowest BCUT2D eigenvalue weighted by molar-refractivity contribution is 0.397. The van der Waals surface area contributed by atoms with Crippen molar-refractivity contribution in [1.29, 1.82) is 0 Å². The minimum Gasteiger partial charge on any atom is -0.496 e. The first kappa shape index (κ1) is 21.0. The highest BCUT2D eigenvalue weighted by Crippen LogP contribution is 2.43. The number of anilines is 2. The second-order valence-electron chi connectivity index (χ2n) is 9.28. The molecule has 0 radical (unpaired) electrons. The van der Waals surface area contributed by atoms with Gasteiger partial charge in [0, 0.05) is 38.3 Å². The highest BCUT2D eigenvalue weighted by Gasteiger charge is 2.31. The monoisotopic (exact) mass is 430 g/mol. The van der Waals surface area contributed by atoms with Crippen LogP contribution in [-0.4, -0.2) is 43.8 Å². The Bertz CT molecular complexity index is 1090. The standard InChI is InChI=1S/C27H34N4O/c1-4-16-30(2)23-10-7-9-22-25(23)27(29-26(28-22)20-12-13-20)31-17-14-19(15-18-31)21-8-5-6-11-24(21)32-3/h5-11,19-20H,4,12-18H2,1-3H3. The van der Waals surface area contributed by atoms with Crippen LogP contribution in [0.25, 0.3) is 10.9 Å². The van der Waals surface area contributed by atoms with E-state index in [2.05, 4.69) is 66.2 Å². The van der Waals surface area contributed by atoms with Crippen molar-refractivity contribution in [2.45, 2.75) is 50.9 Å². The third-order valence-corrected chi connectivity index (χ3v) is 6.99. The molecule has 0 N–H and O–H groups in total. The van der Waals surface area contributed by atoms with Gasteiger partial charge >= 0.3 is 0 Å². The summed E-state index contributed by atoms with van der Waals surface area (Å²) in [5, 5.41) is 1.21. The first-order chi connectivity index (χ1) is 15.7. The van der Waals surface area contributed by atoms with Crippen molar-refractivity contribution in [1.82, 2.24) is 9.97 Å². The maximum Gasteiger partial charge on any atom is 0.142 e.